The van der Waals surface area contributed by atoms with Crippen LogP contribution in [0.1, 0.15) is 5.56 Å². The van der Waals surface area contributed by atoms with Crippen molar-refractivity contribution in [3.63, 3.8) is 0 Å². The van der Waals surface area contributed by atoms with Crippen LogP contribution in [0.5, 0.6) is 0 Å². The first-order chi connectivity index (χ1) is 11.5. The van der Waals surface area contributed by atoms with Gasteiger partial charge in [-0.25, -0.2) is 4.98 Å². The monoisotopic (exact) mass is 340 g/mol. The molecule has 0 amide bonds. The second-order valence-corrected chi connectivity index (χ2v) is 5.75. The Morgan fingerprint density at radius 1 is 1.17 bits per heavy atom. The van der Waals surface area contributed by atoms with Crippen molar-refractivity contribution < 1.29 is 4.92 Å². The fourth-order valence-corrected chi connectivity index (χ4v) is 2.84. The van der Waals surface area contributed by atoms with Crippen LogP contribution in [0.2, 0.25) is 0 Å². The third-order valence-electron chi connectivity index (χ3n) is 3.08. The Balaban J connectivity index is 1.88. The van der Waals surface area contributed by atoms with Crippen molar-refractivity contribution in [3.8, 4) is 0 Å². The van der Waals surface area contributed by atoms with Crippen LogP contribution in [-0.2, 0) is 0 Å². The van der Waals surface area contributed by atoms with Gasteiger partial charge in [-0.1, -0.05) is 35.6 Å². The van der Waals surface area contributed by atoms with Gasteiger partial charge in [0.2, 0.25) is 11.1 Å². The number of thiazole rings is 1. The molecule has 0 saturated heterocycles. The first-order valence-corrected chi connectivity index (χ1v) is 7.63. The highest BCUT2D eigenvalue weighted by Gasteiger charge is 2.08. The molecule has 0 unspecified atom stereocenters. The smallest absolute Gasteiger partial charge is 0.270 e. The molecule has 9 heteroatoms. The lowest BCUT2D eigenvalue weighted by Crippen LogP contribution is -2.19. The number of hydrogen-bond donors (Lipinski definition) is 2. The van der Waals surface area contributed by atoms with E-state index in [-0.39, 0.29) is 17.5 Å². The standard InChI is InChI=1S/C15H12N6O2S/c16-13(9-4-3-5-10(8-9)21(22)23)19-14(17)20-15-18-11-6-1-2-7-12(11)24-15/h1-8H,(H4,16,17,18,19,20). The van der Waals surface area contributed by atoms with E-state index >= 15 is 0 Å². The molecule has 0 aliphatic carbocycles. The molecule has 1 heterocycles. The zero-order valence-electron chi connectivity index (χ0n) is 12.3. The van der Waals surface area contributed by atoms with Crippen LogP contribution in [0.4, 0.5) is 10.8 Å². The molecular formula is C15H12N6O2S. The molecule has 4 N–H and O–H groups in total. The topological polar surface area (TPSA) is 133 Å². The maximum absolute atomic E-state index is 10.8. The third kappa shape index (κ3) is 3.36. The molecule has 0 saturated carbocycles. The fraction of sp³-hybridized carbons (Fsp3) is 0. The maximum atomic E-state index is 10.8. The summed E-state index contributed by atoms with van der Waals surface area (Å²) in [6.07, 6.45) is 0. The first kappa shape index (κ1) is 15.6. The van der Waals surface area contributed by atoms with E-state index in [0.717, 1.165) is 10.2 Å². The highest BCUT2D eigenvalue weighted by Crippen LogP contribution is 2.27. The minimum absolute atomic E-state index is 0.0426. The summed E-state index contributed by atoms with van der Waals surface area (Å²) in [6.45, 7) is 0. The zero-order chi connectivity index (χ0) is 17.1. The minimum atomic E-state index is -0.505. The van der Waals surface area contributed by atoms with Gasteiger partial charge < -0.3 is 11.5 Å². The van der Waals surface area contributed by atoms with Gasteiger partial charge in [0, 0.05) is 17.7 Å². The van der Waals surface area contributed by atoms with Crippen LogP contribution in [0, 0.1) is 10.1 Å². The second kappa shape index (κ2) is 6.42. The molecule has 0 aliphatic rings. The molecule has 0 fully saturated rings. The van der Waals surface area contributed by atoms with E-state index in [1.54, 1.807) is 6.07 Å². The molecule has 2 aromatic carbocycles. The van der Waals surface area contributed by atoms with Crippen molar-refractivity contribution in [1.29, 1.82) is 0 Å². The van der Waals surface area contributed by atoms with Crippen molar-refractivity contribution in [2.45, 2.75) is 0 Å². The number of aromatic nitrogens is 1. The number of guanidine groups is 1. The number of para-hydroxylation sites is 1. The summed E-state index contributed by atoms with van der Waals surface area (Å²) in [6, 6.07) is 13.4. The van der Waals surface area contributed by atoms with Crippen LogP contribution in [-0.4, -0.2) is 21.7 Å². The lowest BCUT2D eigenvalue weighted by Gasteiger charge is -2.00. The van der Waals surface area contributed by atoms with Crippen LogP contribution >= 0.6 is 11.3 Å². The molecule has 0 bridgehead atoms. The summed E-state index contributed by atoms with van der Waals surface area (Å²) in [4.78, 5) is 22.7. The average molecular weight is 340 g/mol. The van der Waals surface area contributed by atoms with Gasteiger partial charge in [0.1, 0.15) is 5.84 Å². The van der Waals surface area contributed by atoms with Gasteiger partial charge in [-0.15, -0.1) is 0 Å². The normalized spacial score (nSPS) is 12.5. The summed E-state index contributed by atoms with van der Waals surface area (Å²) >= 11 is 1.38. The van der Waals surface area contributed by atoms with Gasteiger partial charge in [-0.2, -0.15) is 9.98 Å². The van der Waals surface area contributed by atoms with Crippen LogP contribution in [0.15, 0.2) is 58.5 Å². The average Bonchev–Trinajstić information content (AvgIpc) is 2.96. The summed E-state index contributed by atoms with van der Waals surface area (Å²) < 4.78 is 0.986. The van der Waals surface area contributed by atoms with Crippen LogP contribution in [0.3, 0.4) is 0 Å². The van der Waals surface area contributed by atoms with Gasteiger partial charge in [-0.05, 0) is 12.1 Å². The van der Waals surface area contributed by atoms with E-state index in [0.29, 0.717) is 10.7 Å². The number of amidine groups is 1. The Bertz CT molecular complexity index is 946. The summed E-state index contributed by atoms with van der Waals surface area (Å²) in [5.41, 5.74) is 12.8. The predicted octanol–water partition coefficient (Wildman–Crippen LogP) is 2.56. The highest BCUT2D eigenvalue weighted by molar-refractivity contribution is 7.22. The third-order valence-corrected chi connectivity index (χ3v) is 4.01. The van der Waals surface area contributed by atoms with Crippen LogP contribution < -0.4 is 11.5 Å². The van der Waals surface area contributed by atoms with E-state index in [1.807, 2.05) is 24.3 Å². The Morgan fingerprint density at radius 3 is 2.71 bits per heavy atom. The number of nitrogens with two attached hydrogens (primary N) is 2. The second-order valence-electron chi connectivity index (χ2n) is 4.74. The van der Waals surface area contributed by atoms with Crippen molar-refractivity contribution in [2.75, 3.05) is 0 Å². The summed E-state index contributed by atoms with van der Waals surface area (Å²) in [7, 11) is 0. The van der Waals surface area contributed by atoms with E-state index in [1.165, 1.54) is 29.5 Å². The lowest BCUT2D eigenvalue weighted by atomic mass is 10.2. The van der Waals surface area contributed by atoms with Gasteiger partial charge in [-0.3, -0.25) is 10.1 Å². The summed E-state index contributed by atoms with van der Waals surface area (Å²) in [5.74, 6) is -0.0286. The maximum Gasteiger partial charge on any atom is 0.270 e. The van der Waals surface area contributed by atoms with Crippen molar-refractivity contribution in [1.82, 2.24) is 4.98 Å². The fourth-order valence-electron chi connectivity index (χ4n) is 2.00. The summed E-state index contributed by atoms with van der Waals surface area (Å²) in [5, 5.41) is 11.3. The van der Waals surface area contributed by atoms with Gasteiger partial charge in [0.05, 0.1) is 15.1 Å². The molecule has 0 aliphatic heterocycles. The number of nitrogens with zero attached hydrogens (tertiary/aromatic N) is 4. The number of nitro benzene ring substituents is 1. The van der Waals surface area contributed by atoms with E-state index in [2.05, 4.69) is 15.0 Å². The first-order valence-electron chi connectivity index (χ1n) is 6.81. The van der Waals surface area contributed by atoms with E-state index in [4.69, 9.17) is 11.5 Å². The largest absolute Gasteiger partial charge is 0.383 e. The number of aliphatic imine (C=N–C) groups is 2. The highest BCUT2D eigenvalue weighted by atomic mass is 32.1. The number of hydrogen-bond acceptors (Lipinski definition) is 5. The Hall–Kier alpha value is -3.33. The number of nitro groups is 1. The van der Waals surface area contributed by atoms with Crippen LogP contribution in [0.25, 0.3) is 10.2 Å². The molecule has 0 atom stereocenters. The SMILES string of the molecule is N/C(=N\C(N)=N\c1nc2ccccc2s1)c1cccc([N+](=O)[O-])c1. The quantitative estimate of drug-likeness (QED) is 0.327. The molecule has 0 spiro atoms. The van der Waals surface area contributed by atoms with Gasteiger partial charge in [0.15, 0.2) is 0 Å². The molecule has 0 radical (unpaired) electrons. The lowest BCUT2D eigenvalue weighted by molar-refractivity contribution is -0.384. The number of benzene rings is 2. The predicted molar refractivity (Wildman–Crippen MR) is 94.7 cm³/mol. The molecule has 8 nitrogen and oxygen atoms in total. The van der Waals surface area contributed by atoms with Crippen molar-refractivity contribution >= 4 is 44.2 Å². The van der Waals surface area contributed by atoms with Gasteiger partial charge >= 0.3 is 0 Å². The Morgan fingerprint density at radius 2 is 1.96 bits per heavy atom. The van der Waals surface area contributed by atoms with E-state index < -0.39 is 4.92 Å². The Kier molecular flexibility index (Phi) is 4.17. The molecular weight excluding hydrogens is 328 g/mol. The van der Waals surface area contributed by atoms with Crippen molar-refractivity contribution in [2.24, 2.45) is 21.5 Å². The minimum Gasteiger partial charge on any atom is -0.383 e. The molecule has 120 valence electrons. The zero-order valence-corrected chi connectivity index (χ0v) is 13.1. The molecule has 1 aromatic heterocycles. The van der Waals surface area contributed by atoms with Gasteiger partial charge in [0.25, 0.3) is 5.69 Å². The number of fused-ring (bicyclic) bond motifs is 1. The van der Waals surface area contributed by atoms with E-state index in [9.17, 15) is 10.1 Å². The number of non-ortho nitro benzene ring substituents is 1. The molecule has 3 rings (SSSR count). The van der Waals surface area contributed by atoms with Crippen molar-refractivity contribution in [3.05, 3.63) is 64.2 Å². The Labute approximate surface area is 140 Å². The molecule has 3 aromatic rings. The molecule has 24 heavy (non-hydrogen) atoms. The number of rotatable bonds is 3.